The number of benzene rings is 2. The Morgan fingerprint density at radius 3 is 2.30 bits per heavy atom. The smallest absolute Gasteiger partial charge is 0.335 e. The normalized spacial score (nSPS) is 12.9. The van der Waals surface area contributed by atoms with Crippen LogP contribution in [0.4, 0.5) is 0 Å². The van der Waals surface area contributed by atoms with Crippen LogP contribution >= 0.6 is 0 Å². The van der Waals surface area contributed by atoms with Crippen molar-refractivity contribution in [2.75, 3.05) is 0 Å². The average molecular weight is 302 g/mol. The van der Waals surface area contributed by atoms with Crippen LogP contribution in [-0.2, 0) is 0 Å². The van der Waals surface area contributed by atoms with E-state index in [1.807, 2.05) is 18.2 Å². The van der Waals surface area contributed by atoms with E-state index in [9.17, 15) is 4.79 Å². The number of aromatic carboxylic acids is 1. The van der Waals surface area contributed by atoms with Gasteiger partial charge in [0.05, 0.1) is 28.0 Å². The molecule has 0 spiro atoms. The zero-order valence-corrected chi connectivity index (χ0v) is 11.8. The Kier molecular flexibility index (Phi) is 2.62. The molecule has 6 heteroatoms. The van der Waals surface area contributed by atoms with Gasteiger partial charge in [-0.3, -0.25) is 10.8 Å². The minimum absolute atomic E-state index is 0.00571. The minimum atomic E-state index is -1.04. The third-order valence-corrected chi connectivity index (χ3v) is 3.85. The molecule has 1 heterocycles. The zero-order valence-electron chi connectivity index (χ0n) is 11.8. The molecule has 6 nitrogen and oxygen atoms in total. The van der Waals surface area contributed by atoms with Gasteiger partial charge in [-0.15, -0.1) is 0 Å². The predicted octanol–water partition coefficient (Wildman–Crippen LogP) is 2.74. The highest BCUT2D eigenvalue weighted by atomic mass is 16.4. The van der Waals surface area contributed by atoms with Crippen molar-refractivity contribution in [2.45, 2.75) is 0 Å². The van der Waals surface area contributed by atoms with Gasteiger partial charge in [-0.25, -0.2) is 14.8 Å². The van der Waals surface area contributed by atoms with E-state index in [0.717, 1.165) is 5.56 Å². The summed E-state index contributed by atoms with van der Waals surface area (Å²) in [7, 11) is 0. The van der Waals surface area contributed by atoms with E-state index in [4.69, 9.17) is 15.9 Å². The van der Waals surface area contributed by atoms with E-state index in [-0.39, 0.29) is 17.0 Å². The van der Waals surface area contributed by atoms with Gasteiger partial charge in [0.1, 0.15) is 11.4 Å². The zero-order chi connectivity index (χ0) is 16.1. The molecule has 0 saturated carbocycles. The van der Waals surface area contributed by atoms with Crippen LogP contribution in [0.1, 0.15) is 21.6 Å². The molecule has 0 saturated heterocycles. The van der Waals surface area contributed by atoms with E-state index < -0.39 is 5.97 Å². The Bertz CT molecular complexity index is 1040. The summed E-state index contributed by atoms with van der Waals surface area (Å²) in [6.45, 7) is 0. The number of carboxylic acid groups (broad SMARTS) is 1. The number of hydrogen-bond donors (Lipinski definition) is 3. The van der Waals surface area contributed by atoms with Gasteiger partial charge in [-0.2, -0.15) is 0 Å². The highest BCUT2D eigenvalue weighted by Crippen LogP contribution is 2.32. The number of fused-ring (bicyclic) bond motifs is 4. The standard InChI is InChI=1S/C17H10N4O2/c18-13-9-3-1-2-4-10(9)15-16(14(13)19)21-12-7-8(17(22)23)5-6-11(12)20-15/h1-7,18-19H,(H,22,23). The quantitative estimate of drug-likeness (QED) is 0.641. The molecule has 0 atom stereocenters. The summed E-state index contributed by atoms with van der Waals surface area (Å²) < 4.78 is 0. The monoisotopic (exact) mass is 302 g/mol. The first-order chi connectivity index (χ1) is 11.1. The highest BCUT2D eigenvalue weighted by molar-refractivity contribution is 6.54. The molecule has 0 aliphatic heterocycles. The maximum Gasteiger partial charge on any atom is 0.335 e. The van der Waals surface area contributed by atoms with Crippen LogP contribution in [0.25, 0.3) is 22.3 Å². The van der Waals surface area contributed by atoms with Crippen LogP contribution in [0.5, 0.6) is 0 Å². The van der Waals surface area contributed by atoms with Crippen molar-refractivity contribution in [2.24, 2.45) is 0 Å². The summed E-state index contributed by atoms with van der Waals surface area (Å²) in [5, 5.41) is 25.4. The predicted molar refractivity (Wildman–Crippen MR) is 85.6 cm³/mol. The molecule has 1 aliphatic carbocycles. The largest absolute Gasteiger partial charge is 0.478 e. The van der Waals surface area contributed by atoms with Gasteiger partial charge in [-0.1, -0.05) is 24.3 Å². The van der Waals surface area contributed by atoms with E-state index in [2.05, 4.69) is 9.97 Å². The average Bonchev–Trinajstić information content (AvgIpc) is 2.58. The van der Waals surface area contributed by atoms with Gasteiger partial charge in [0, 0.05) is 11.1 Å². The summed E-state index contributed by atoms with van der Waals surface area (Å²) in [4.78, 5) is 20.0. The number of rotatable bonds is 1. The molecule has 0 radical (unpaired) electrons. The Morgan fingerprint density at radius 1 is 0.870 bits per heavy atom. The second kappa shape index (κ2) is 4.54. The molecule has 2 aromatic carbocycles. The molecular formula is C17H10N4O2. The van der Waals surface area contributed by atoms with E-state index in [0.29, 0.717) is 28.0 Å². The van der Waals surface area contributed by atoms with Gasteiger partial charge in [-0.05, 0) is 18.2 Å². The molecule has 3 aromatic rings. The molecule has 0 unspecified atom stereocenters. The molecule has 0 bridgehead atoms. The number of nitrogens with zero attached hydrogens (tertiary/aromatic N) is 2. The van der Waals surface area contributed by atoms with Crippen LogP contribution in [0.15, 0.2) is 42.5 Å². The number of nitrogens with one attached hydrogen (secondary N) is 2. The number of hydrogen-bond acceptors (Lipinski definition) is 5. The van der Waals surface area contributed by atoms with Gasteiger partial charge in [0.25, 0.3) is 0 Å². The number of carbonyl (C=O) groups is 1. The lowest BCUT2D eigenvalue weighted by Gasteiger charge is -2.20. The topological polar surface area (TPSA) is 111 Å². The summed E-state index contributed by atoms with van der Waals surface area (Å²) in [6.07, 6.45) is 0. The molecule has 110 valence electrons. The van der Waals surface area contributed by atoms with Crippen LogP contribution in [0, 0.1) is 10.8 Å². The lowest BCUT2D eigenvalue weighted by Crippen LogP contribution is -2.23. The molecule has 0 amide bonds. The van der Waals surface area contributed by atoms with Gasteiger partial charge < -0.3 is 5.11 Å². The maximum absolute atomic E-state index is 11.1. The van der Waals surface area contributed by atoms with Crippen molar-refractivity contribution < 1.29 is 9.90 Å². The third kappa shape index (κ3) is 1.85. The molecule has 1 aromatic heterocycles. The fourth-order valence-electron chi connectivity index (χ4n) is 2.71. The van der Waals surface area contributed by atoms with Crippen LogP contribution < -0.4 is 0 Å². The summed E-state index contributed by atoms with van der Waals surface area (Å²) in [6, 6.07) is 11.8. The van der Waals surface area contributed by atoms with E-state index >= 15 is 0 Å². The number of carboxylic acids is 1. The first-order valence-electron chi connectivity index (χ1n) is 6.89. The Labute approximate surface area is 130 Å². The van der Waals surface area contributed by atoms with E-state index in [1.165, 1.54) is 12.1 Å². The van der Waals surface area contributed by atoms with Crippen molar-refractivity contribution in [3.05, 3.63) is 59.3 Å². The van der Waals surface area contributed by atoms with Crippen LogP contribution in [0.2, 0.25) is 0 Å². The van der Waals surface area contributed by atoms with Crippen molar-refractivity contribution >= 4 is 28.4 Å². The fourth-order valence-corrected chi connectivity index (χ4v) is 2.71. The van der Waals surface area contributed by atoms with Gasteiger partial charge in [0.2, 0.25) is 0 Å². The van der Waals surface area contributed by atoms with Crippen molar-refractivity contribution in [1.29, 1.82) is 10.8 Å². The Balaban J connectivity index is 2.06. The summed E-state index contributed by atoms with van der Waals surface area (Å²) in [5.74, 6) is -1.04. The Hall–Kier alpha value is -3.41. The molecule has 1 aliphatic rings. The second-order valence-electron chi connectivity index (χ2n) is 5.23. The van der Waals surface area contributed by atoms with Crippen LogP contribution in [-0.4, -0.2) is 32.5 Å². The van der Waals surface area contributed by atoms with Gasteiger partial charge in [0.15, 0.2) is 0 Å². The highest BCUT2D eigenvalue weighted by Gasteiger charge is 2.27. The fraction of sp³-hybridized carbons (Fsp3) is 0. The lowest BCUT2D eigenvalue weighted by atomic mass is 9.88. The van der Waals surface area contributed by atoms with E-state index in [1.54, 1.807) is 12.1 Å². The van der Waals surface area contributed by atoms with Crippen LogP contribution in [0.3, 0.4) is 0 Å². The first-order valence-corrected chi connectivity index (χ1v) is 6.89. The SMILES string of the molecule is N=C1C(=N)c2nc3cc(C(=O)O)ccc3nc2-c2ccccc21. The molecule has 3 N–H and O–H groups in total. The second-order valence-corrected chi connectivity index (χ2v) is 5.23. The van der Waals surface area contributed by atoms with Gasteiger partial charge >= 0.3 is 5.97 Å². The maximum atomic E-state index is 11.1. The molecule has 23 heavy (non-hydrogen) atoms. The minimum Gasteiger partial charge on any atom is -0.478 e. The summed E-state index contributed by atoms with van der Waals surface area (Å²) >= 11 is 0. The molecular weight excluding hydrogens is 292 g/mol. The molecule has 4 rings (SSSR count). The lowest BCUT2D eigenvalue weighted by molar-refractivity contribution is 0.0697. The van der Waals surface area contributed by atoms with Crippen molar-refractivity contribution in [1.82, 2.24) is 9.97 Å². The first kappa shape index (κ1) is 13.3. The number of aromatic nitrogens is 2. The van der Waals surface area contributed by atoms with Crippen molar-refractivity contribution in [3.8, 4) is 11.3 Å². The van der Waals surface area contributed by atoms with Crippen molar-refractivity contribution in [3.63, 3.8) is 0 Å². The Morgan fingerprint density at radius 2 is 1.57 bits per heavy atom. The third-order valence-electron chi connectivity index (χ3n) is 3.85. The summed E-state index contributed by atoms with van der Waals surface area (Å²) in [5.41, 5.74) is 3.45. The molecule has 0 fully saturated rings.